The van der Waals surface area contributed by atoms with Gasteiger partial charge in [0.2, 0.25) is 5.91 Å². The normalized spacial score (nSPS) is 29.7. The molecule has 1 aromatic carbocycles. The van der Waals surface area contributed by atoms with Crippen LogP contribution >= 0.6 is 0 Å². The van der Waals surface area contributed by atoms with Crippen molar-refractivity contribution in [3.05, 3.63) is 84.1 Å². The Bertz CT molecular complexity index is 1130. The Morgan fingerprint density at radius 1 is 1.13 bits per heavy atom. The molecule has 2 saturated heterocycles. The third-order valence-corrected chi connectivity index (χ3v) is 6.98. The molecule has 6 rings (SSSR count). The van der Waals surface area contributed by atoms with Crippen LogP contribution in [0.2, 0.25) is 0 Å². The molecule has 6 heteroatoms. The number of nitrogens with one attached hydrogen (secondary N) is 1. The summed E-state index contributed by atoms with van der Waals surface area (Å²) in [5, 5.41) is 3.06. The van der Waals surface area contributed by atoms with E-state index in [2.05, 4.69) is 15.2 Å². The van der Waals surface area contributed by atoms with Crippen molar-refractivity contribution in [3.8, 4) is 0 Å². The van der Waals surface area contributed by atoms with Gasteiger partial charge in [0, 0.05) is 29.4 Å². The summed E-state index contributed by atoms with van der Waals surface area (Å²) < 4.78 is 5.84. The first-order valence-corrected chi connectivity index (χ1v) is 10.4. The number of hydrogen-bond acceptors (Lipinski definition) is 5. The highest BCUT2D eigenvalue weighted by Gasteiger charge is 2.70. The Hall–Kier alpha value is -3.25. The number of nitrogens with zero attached hydrogens (tertiary/aromatic N) is 2. The number of carbonyl (C=O) groups is 2. The van der Waals surface area contributed by atoms with Crippen LogP contribution < -0.4 is 5.32 Å². The Morgan fingerprint density at radius 2 is 2.00 bits per heavy atom. The summed E-state index contributed by atoms with van der Waals surface area (Å²) in [4.78, 5) is 34.3. The molecule has 0 radical (unpaired) electrons. The number of hydrogen-bond donors (Lipinski definition) is 1. The van der Waals surface area contributed by atoms with Crippen LogP contribution in [-0.4, -0.2) is 34.2 Å². The molecule has 2 fully saturated rings. The number of Topliss-reactive ketones (excluding diaryl/α,β-unsaturated/α-hetero) is 1. The third-order valence-electron chi connectivity index (χ3n) is 6.98. The molecule has 0 bridgehead atoms. The van der Waals surface area contributed by atoms with Crippen LogP contribution in [0.1, 0.15) is 40.6 Å². The van der Waals surface area contributed by atoms with E-state index >= 15 is 0 Å². The van der Waals surface area contributed by atoms with Crippen molar-refractivity contribution < 1.29 is 14.0 Å². The monoisotopic (exact) mass is 399 g/mol. The number of rotatable bonds is 3. The van der Waals surface area contributed by atoms with Gasteiger partial charge in [0.15, 0.2) is 5.78 Å². The van der Waals surface area contributed by atoms with Gasteiger partial charge in [-0.2, -0.15) is 0 Å². The minimum Gasteiger partial charge on any atom is -0.469 e. The zero-order chi connectivity index (χ0) is 20.3. The fourth-order valence-corrected chi connectivity index (χ4v) is 5.98. The van der Waals surface area contributed by atoms with E-state index in [-0.39, 0.29) is 23.7 Å². The van der Waals surface area contributed by atoms with Gasteiger partial charge in [0.1, 0.15) is 17.0 Å². The van der Waals surface area contributed by atoms with Crippen LogP contribution in [0.25, 0.3) is 0 Å². The summed E-state index contributed by atoms with van der Waals surface area (Å²) in [6, 6.07) is 16.9. The highest BCUT2D eigenvalue weighted by Crippen LogP contribution is 2.61. The molecule has 1 spiro atoms. The van der Waals surface area contributed by atoms with E-state index < -0.39 is 11.5 Å². The van der Waals surface area contributed by atoms with Gasteiger partial charge < -0.3 is 9.73 Å². The van der Waals surface area contributed by atoms with E-state index in [0.29, 0.717) is 5.69 Å². The quantitative estimate of drug-likeness (QED) is 0.682. The maximum Gasteiger partial charge on any atom is 0.250 e. The summed E-state index contributed by atoms with van der Waals surface area (Å²) in [7, 11) is 0. The number of amides is 1. The highest BCUT2D eigenvalue weighted by molar-refractivity contribution is 6.12. The summed E-state index contributed by atoms with van der Waals surface area (Å²) in [5.41, 5.74) is 0.998. The standard InChI is InChI=1S/C24H21N3O3/c28-22(17-9-3-4-12-25-17)21-20(19-11-6-14-30-19)18-10-5-13-27(18)24(21)15-7-1-2-8-16(15)26-23(24)29/h1-4,6-9,11-12,14,18,20-21H,5,10,13H2,(H,26,29). The average Bonchev–Trinajstić information content (AvgIpc) is 3.54. The van der Waals surface area contributed by atoms with Crippen LogP contribution in [0.4, 0.5) is 5.69 Å². The molecule has 1 N–H and O–H groups in total. The van der Waals surface area contributed by atoms with Crippen molar-refractivity contribution in [3.63, 3.8) is 0 Å². The van der Waals surface area contributed by atoms with Crippen LogP contribution in [-0.2, 0) is 10.3 Å². The van der Waals surface area contributed by atoms with Crippen molar-refractivity contribution in [2.45, 2.75) is 30.3 Å². The maximum absolute atomic E-state index is 14.0. The van der Waals surface area contributed by atoms with E-state index in [1.807, 2.05) is 42.5 Å². The summed E-state index contributed by atoms with van der Waals surface area (Å²) >= 11 is 0. The topological polar surface area (TPSA) is 75.4 Å². The summed E-state index contributed by atoms with van der Waals surface area (Å²) in [6.45, 7) is 0.773. The predicted molar refractivity (Wildman–Crippen MR) is 110 cm³/mol. The number of anilines is 1. The molecule has 0 saturated carbocycles. The van der Waals surface area contributed by atoms with Crippen LogP contribution in [0.15, 0.2) is 71.5 Å². The van der Waals surface area contributed by atoms with E-state index in [0.717, 1.165) is 36.4 Å². The van der Waals surface area contributed by atoms with Gasteiger partial charge >= 0.3 is 0 Å². The average molecular weight is 399 g/mol. The fourth-order valence-electron chi connectivity index (χ4n) is 5.98. The molecule has 3 aromatic rings. The molecule has 3 aliphatic rings. The van der Waals surface area contributed by atoms with Crippen LogP contribution in [0.5, 0.6) is 0 Å². The van der Waals surface area contributed by atoms with Crippen LogP contribution in [0, 0.1) is 5.92 Å². The molecule has 2 aromatic heterocycles. The van der Waals surface area contributed by atoms with Gasteiger partial charge in [-0.05, 0) is 49.7 Å². The van der Waals surface area contributed by atoms with Crippen molar-refractivity contribution in [2.75, 3.05) is 11.9 Å². The van der Waals surface area contributed by atoms with Gasteiger partial charge in [-0.25, -0.2) is 0 Å². The number of carbonyl (C=O) groups excluding carboxylic acids is 2. The van der Waals surface area contributed by atoms with E-state index in [1.165, 1.54) is 0 Å². The summed E-state index contributed by atoms with van der Waals surface area (Å²) in [5.74, 6) is -0.311. The number of aromatic nitrogens is 1. The lowest BCUT2D eigenvalue weighted by Crippen LogP contribution is -2.53. The fraction of sp³-hybridized carbons (Fsp3) is 0.292. The molecule has 1 amide bonds. The van der Waals surface area contributed by atoms with Gasteiger partial charge in [-0.3, -0.25) is 19.5 Å². The Morgan fingerprint density at radius 3 is 2.80 bits per heavy atom. The number of para-hydroxylation sites is 1. The zero-order valence-corrected chi connectivity index (χ0v) is 16.3. The van der Waals surface area contributed by atoms with Crippen molar-refractivity contribution in [1.29, 1.82) is 0 Å². The van der Waals surface area contributed by atoms with Gasteiger partial charge in [-0.1, -0.05) is 24.3 Å². The molecule has 30 heavy (non-hydrogen) atoms. The number of ketones is 1. The Labute approximate surface area is 173 Å². The number of furan rings is 1. The molecule has 6 nitrogen and oxygen atoms in total. The van der Waals surface area contributed by atoms with E-state index in [4.69, 9.17) is 4.42 Å². The lowest BCUT2D eigenvalue weighted by molar-refractivity contribution is -0.127. The number of benzene rings is 1. The Balaban J connectivity index is 1.62. The second-order valence-electron chi connectivity index (χ2n) is 8.27. The predicted octanol–water partition coefficient (Wildman–Crippen LogP) is 3.58. The first-order valence-electron chi connectivity index (χ1n) is 10.4. The van der Waals surface area contributed by atoms with Gasteiger partial charge in [0.25, 0.3) is 0 Å². The molecular weight excluding hydrogens is 378 g/mol. The zero-order valence-electron chi connectivity index (χ0n) is 16.3. The largest absolute Gasteiger partial charge is 0.469 e. The first-order chi connectivity index (χ1) is 14.7. The lowest BCUT2D eigenvalue weighted by atomic mass is 9.70. The third kappa shape index (κ3) is 2.14. The maximum atomic E-state index is 14.0. The van der Waals surface area contributed by atoms with Crippen molar-refractivity contribution in [1.82, 2.24) is 9.88 Å². The number of pyridine rings is 1. The van der Waals surface area contributed by atoms with E-state index in [9.17, 15) is 9.59 Å². The SMILES string of the molecule is O=C(c1ccccn1)C1C(c2ccco2)C2CCCN2C12C(=O)Nc1ccccc12. The second-order valence-corrected chi connectivity index (χ2v) is 8.27. The molecule has 4 unspecified atom stereocenters. The molecule has 0 aliphatic carbocycles. The molecule has 150 valence electrons. The van der Waals surface area contributed by atoms with Crippen LogP contribution in [0.3, 0.4) is 0 Å². The van der Waals surface area contributed by atoms with Gasteiger partial charge in [0.05, 0.1) is 12.2 Å². The smallest absolute Gasteiger partial charge is 0.250 e. The highest BCUT2D eigenvalue weighted by atomic mass is 16.3. The van der Waals surface area contributed by atoms with Crippen molar-refractivity contribution >= 4 is 17.4 Å². The lowest BCUT2D eigenvalue weighted by Gasteiger charge is -2.36. The minimum atomic E-state index is -1.05. The summed E-state index contributed by atoms with van der Waals surface area (Å²) in [6.07, 6.45) is 5.18. The molecule has 5 heterocycles. The molecule has 4 atom stereocenters. The van der Waals surface area contributed by atoms with Gasteiger partial charge in [-0.15, -0.1) is 0 Å². The Kier molecular flexibility index (Phi) is 3.74. The van der Waals surface area contributed by atoms with Crippen molar-refractivity contribution in [2.24, 2.45) is 5.92 Å². The molecular formula is C24H21N3O3. The second kappa shape index (κ2) is 6.37. The molecule has 3 aliphatic heterocycles. The number of fused-ring (bicyclic) bond motifs is 4. The minimum absolute atomic E-state index is 0.0609. The first kappa shape index (κ1) is 17.6. The van der Waals surface area contributed by atoms with E-state index in [1.54, 1.807) is 24.6 Å².